The van der Waals surface area contributed by atoms with Crippen molar-refractivity contribution >= 4 is 5.97 Å². The highest BCUT2D eigenvalue weighted by Gasteiger charge is 2.31. The molecule has 0 saturated carbocycles. The number of β-amino-alcohol motifs (C(OH)–C–C–N with tert-alkyl or cyclic N) is 1. The van der Waals surface area contributed by atoms with Gasteiger partial charge in [0, 0.05) is 6.54 Å². The molecule has 1 saturated heterocycles. The maximum absolute atomic E-state index is 12.7. The molecular formula is C17H22F3NO3. The van der Waals surface area contributed by atoms with Crippen molar-refractivity contribution in [3.8, 4) is 0 Å². The number of alkyl halides is 3. The van der Waals surface area contributed by atoms with Gasteiger partial charge in [-0.3, -0.25) is 4.79 Å². The topological polar surface area (TPSA) is 49.8 Å². The van der Waals surface area contributed by atoms with E-state index < -0.39 is 17.8 Å². The summed E-state index contributed by atoms with van der Waals surface area (Å²) in [5, 5.41) is 10.2. The van der Waals surface area contributed by atoms with Crippen molar-refractivity contribution in [2.45, 2.75) is 32.0 Å². The van der Waals surface area contributed by atoms with Crippen LogP contribution in [0, 0.1) is 5.92 Å². The van der Waals surface area contributed by atoms with Gasteiger partial charge in [-0.2, -0.15) is 13.2 Å². The molecule has 0 amide bonds. The number of aliphatic hydroxyl groups is 1. The lowest BCUT2D eigenvalue weighted by Crippen LogP contribution is -2.39. The van der Waals surface area contributed by atoms with Crippen LogP contribution < -0.4 is 0 Å². The number of hydrogen-bond donors (Lipinski definition) is 1. The van der Waals surface area contributed by atoms with Crippen LogP contribution in [0.2, 0.25) is 0 Å². The van der Waals surface area contributed by atoms with Gasteiger partial charge in [-0.1, -0.05) is 12.1 Å². The lowest BCUT2D eigenvalue weighted by molar-refractivity contribution is -0.149. The van der Waals surface area contributed by atoms with Gasteiger partial charge in [0.1, 0.15) is 0 Å². The zero-order valence-electron chi connectivity index (χ0n) is 13.6. The molecule has 1 N–H and O–H groups in total. The Labute approximate surface area is 139 Å². The van der Waals surface area contributed by atoms with E-state index in [1.54, 1.807) is 6.92 Å². The first-order chi connectivity index (χ1) is 11.3. The second-order valence-electron chi connectivity index (χ2n) is 5.97. The first kappa shape index (κ1) is 18.7. The monoisotopic (exact) mass is 345 g/mol. The van der Waals surface area contributed by atoms with Crippen LogP contribution in [0.4, 0.5) is 13.2 Å². The molecule has 1 atom stereocenters. The molecule has 1 fully saturated rings. The van der Waals surface area contributed by atoms with Gasteiger partial charge in [-0.15, -0.1) is 0 Å². The number of likely N-dealkylation sites (tertiary alicyclic amines) is 1. The third-order valence-corrected chi connectivity index (χ3v) is 4.24. The molecule has 1 aliphatic rings. The SMILES string of the molecule is CCOC(=O)C1CCN(C[C@@H](O)c2cccc(C(F)(F)F)c2)CC1. The molecule has 7 heteroatoms. The standard InChI is InChI=1S/C17H22F3NO3/c1-2-24-16(23)12-6-8-21(9-7-12)11-15(22)13-4-3-5-14(10-13)17(18,19)20/h3-5,10,12,15,22H,2,6-9,11H2,1H3/t15-/m1/s1. The molecule has 0 bridgehead atoms. The Kier molecular flexibility index (Phi) is 6.23. The second-order valence-corrected chi connectivity index (χ2v) is 5.97. The number of piperidine rings is 1. The number of halogens is 3. The van der Waals surface area contributed by atoms with Crippen LogP contribution in [0.5, 0.6) is 0 Å². The minimum absolute atomic E-state index is 0.132. The first-order valence-electron chi connectivity index (χ1n) is 8.05. The van der Waals surface area contributed by atoms with E-state index in [1.807, 2.05) is 4.90 Å². The summed E-state index contributed by atoms with van der Waals surface area (Å²) in [6, 6.07) is 4.76. The minimum atomic E-state index is -4.42. The summed E-state index contributed by atoms with van der Waals surface area (Å²) in [5.41, 5.74) is -0.516. The van der Waals surface area contributed by atoms with E-state index in [0.29, 0.717) is 32.5 Å². The molecule has 134 valence electrons. The molecule has 0 spiro atoms. The summed E-state index contributed by atoms with van der Waals surface area (Å²) in [5.74, 6) is -0.331. The van der Waals surface area contributed by atoms with E-state index in [0.717, 1.165) is 12.1 Å². The van der Waals surface area contributed by atoms with E-state index in [4.69, 9.17) is 4.74 Å². The van der Waals surface area contributed by atoms with E-state index in [1.165, 1.54) is 12.1 Å². The number of aliphatic hydroxyl groups excluding tert-OH is 1. The molecule has 0 unspecified atom stereocenters. The average Bonchev–Trinajstić information content (AvgIpc) is 2.55. The van der Waals surface area contributed by atoms with Crippen LogP contribution in [0.1, 0.15) is 37.0 Å². The van der Waals surface area contributed by atoms with Gasteiger partial charge in [0.05, 0.1) is 24.2 Å². The Balaban J connectivity index is 1.90. The third-order valence-electron chi connectivity index (χ3n) is 4.24. The van der Waals surface area contributed by atoms with Gasteiger partial charge in [-0.25, -0.2) is 0 Å². The number of benzene rings is 1. The molecule has 4 nitrogen and oxygen atoms in total. The van der Waals surface area contributed by atoms with Crippen LogP contribution in [0.3, 0.4) is 0 Å². The zero-order chi connectivity index (χ0) is 17.7. The van der Waals surface area contributed by atoms with E-state index >= 15 is 0 Å². The highest BCUT2D eigenvalue weighted by molar-refractivity contribution is 5.72. The van der Waals surface area contributed by atoms with Crippen LogP contribution >= 0.6 is 0 Å². The van der Waals surface area contributed by atoms with E-state index in [2.05, 4.69) is 0 Å². The van der Waals surface area contributed by atoms with Crippen molar-refractivity contribution in [1.82, 2.24) is 4.90 Å². The maximum Gasteiger partial charge on any atom is 0.416 e. The summed E-state index contributed by atoms with van der Waals surface area (Å²) in [7, 11) is 0. The highest BCUT2D eigenvalue weighted by Crippen LogP contribution is 2.31. The number of rotatable bonds is 5. The fourth-order valence-corrected chi connectivity index (χ4v) is 2.88. The zero-order valence-corrected chi connectivity index (χ0v) is 13.6. The van der Waals surface area contributed by atoms with E-state index in [9.17, 15) is 23.1 Å². The fourth-order valence-electron chi connectivity index (χ4n) is 2.88. The van der Waals surface area contributed by atoms with Gasteiger partial charge in [0.15, 0.2) is 0 Å². The number of ether oxygens (including phenoxy) is 1. The lowest BCUT2D eigenvalue weighted by Gasteiger charge is -2.32. The summed E-state index contributed by atoms with van der Waals surface area (Å²) in [6.45, 7) is 3.58. The van der Waals surface area contributed by atoms with Crippen LogP contribution in [-0.2, 0) is 15.7 Å². The number of esters is 1. The summed E-state index contributed by atoms with van der Waals surface area (Å²) < 4.78 is 43.2. The summed E-state index contributed by atoms with van der Waals surface area (Å²) in [6.07, 6.45) is -4.15. The Bertz CT molecular complexity index is 554. The maximum atomic E-state index is 12.7. The second kappa shape index (κ2) is 7.98. The highest BCUT2D eigenvalue weighted by atomic mass is 19.4. The summed E-state index contributed by atoms with van der Waals surface area (Å²) in [4.78, 5) is 13.6. The van der Waals surface area contributed by atoms with Gasteiger partial charge >= 0.3 is 12.1 Å². The van der Waals surface area contributed by atoms with Crippen LogP contribution in [0.25, 0.3) is 0 Å². The molecule has 0 aromatic heterocycles. The van der Waals surface area contributed by atoms with Crippen LogP contribution in [-0.4, -0.2) is 42.2 Å². The molecule has 0 aliphatic carbocycles. The minimum Gasteiger partial charge on any atom is -0.466 e. The molecule has 1 aromatic carbocycles. The van der Waals surface area contributed by atoms with Crippen molar-refractivity contribution in [2.24, 2.45) is 5.92 Å². The molecule has 1 aromatic rings. The first-order valence-corrected chi connectivity index (χ1v) is 8.05. The van der Waals surface area contributed by atoms with Crippen molar-refractivity contribution in [3.05, 3.63) is 35.4 Å². The lowest BCUT2D eigenvalue weighted by atomic mass is 9.96. The third kappa shape index (κ3) is 4.95. The molecule has 1 aliphatic heterocycles. The van der Waals surface area contributed by atoms with Crippen molar-refractivity contribution in [3.63, 3.8) is 0 Å². The quantitative estimate of drug-likeness (QED) is 0.834. The average molecular weight is 345 g/mol. The number of hydrogen-bond acceptors (Lipinski definition) is 4. The van der Waals surface area contributed by atoms with Crippen molar-refractivity contribution in [2.75, 3.05) is 26.2 Å². The normalized spacial score (nSPS) is 18.4. The molecule has 1 heterocycles. The van der Waals surface area contributed by atoms with Gasteiger partial charge in [0.25, 0.3) is 0 Å². The van der Waals surface area contributed by atoms with Gasteiger partial charge in [0.2, 0.25) is 0 Å². The fraction of sp³-hybridized carbons (Fsp3) is 0.588. The molecular weight excluding hydrogens is 323 g/mol. The van der Waals surface area contributed by atoms with Crippen LogP contribution in [0.15, 0.2) is 24.3 Å². The predicted octanol–water partition coefficient (Wildman–Crippen LogP) is 3.01. The van der Waals surface area contributed by atoms with E-state index in [-0.39, 0.29) is 24.0 Å². The molecule has 2 rings (SSSR count). The summed E-state index contributed by atoms with van der Waals surface area (Å²) >= 11 is 0. The van der Waals surface area contributed by atoms with Crippen molar-refractivity contribution < 1.29 is 27.8 Å². The number of carbonyl (C=O) groups excluding carboxylic acids is 1. The Morgan fingerprint density at radius 2 is 2.04 bits per heavy atom. The molecule has 0 radical (unpaired) electrons. The number of nitrogens with zero attached hydrogens (tertiary/aromatic N) is 1. The Morgan fingerprint density at radius 1 is 1.38 bits per heavy atom. The van der Waals surface area contributed by atoms with Gasteiger partial charge < -0.3 is 14.7 Å². The Hall–Kier alpha value is -1.60. The predicted molar refractivity (Wildman–Crippen MR) is 82.2 cm³/mol. The largest absolute Gasteiger partial charge is 0.466 e. The van der Waals surface area contributed by atoms with Crippen molar-refractivity contribution in [1.29, 1.82) is 0 Å². The smallest absolute Gasteiger partial charge is 0.416 e. The van der Waals surface area contributed by atoms with Gasteiger partial charge in [-0.05, 0) is 50.6 Å². The number of carbonyl (C=O) groups is 1. The molecule has 24 heavy (non-hydrogen) atoms. The Morgan fingerprint density at radius 3 is 2.62 bits per heavy atom.